The Balaban J connectivity index is 1.99. The number of halogens is 1. The van der Waals surface area contributed by atoms with Gasteiger partial charge in [0.2, 0.25) is 5.91 Å². The first kappa shape index (κ1) is 12.2. The molecule has 0 bridgehead atoms. The maximum atomic E-state index is 12.0. The largest absolute Gasteiger partial charge is 0.356 e. The van der Waals surface area contributed by atoms with E-state index in [1.807, 2.05) is 12.1 Å². The third kappa shape index (κ3) is 2.71. The number of alkyl halides is 1. The highest BCUT2D eigenvalue weighted by molar-refractivity contribution is 14.1. The summed E-state index contributed by atoms with van der Waals surface area (Å²) >= 11 is 4.11. The van der Waals surface area contributed by atoms with Gasteiger partial charge in [-0.1, -0.05) is 40.8 Å². The van der Waals surface area contributed by atoms with E-state index in [1.54, 1.807) is 11.8 Å². The third-order valence-electron chi connectivity index (χ3n) is 2.63. The van der Waals surface area contributed by atoms with Gasteiger partial charge in [0.15, 0.2) is 0 Å². The fourth-order valence-electron chi connectivity index (χ4n) is 1.78. The molecule has 1 aromatic rings. The first-order chi connectivity index (χ1) is 7.83. The van der Waals surface area contributed by atoms with Crippen molar-refractivity contribution in [1.82, 2.24) is 5.32 Å². The zero-order valence-electron chi connectivity index (χ0n) is 8.91. The van der Waals surface area contributed by atoms with Crippen LogP contribution in [0.5, 0.6) is 0 Å². The summed E-state index contributed by atoms with van der Waals surface area (Å²) in [6.07, 6.45) is 1.05. The maximum Gasteiger partial charge on any atom is 0.228 e. The number of carbonyl (C=O) groups is 1. The van der Waals surface area contributed by atoms with Gasteiger partial charge in [-0.3, -0.25) is 4.79 Å². The molecule has 0 radical (unpaired) electrons. The van der Waals surface area contributed by atoms with Gasteiger partial charge in [0.25, 0.3) is 0 Å². The summed E-state index contributed by atoms with van der Waals surface area (Å²) in [4.78, 5) is 13.2. The minimum atomic E-state index is 0.0513. The van der Waals surface area contributed by atoms with Crippen molar-refractivity contribution < 1.29 is 4.79 Å². The lowest BCUT2D eigenvalue weighted by atomic mass is 10.0. The molecule has 1 amide bonds. The number of amides is 1. The smallest absolute Gasteiger partial charge is 0.228 e. The minimum absolute atomic E-state index is 0.0513. The van der Waals surface area contributed by atoms with Crippen molar-refractivity contribution in [3.05, 3.63) is 29.8 Å². The van der Waals surface area contributed by atoms with E-state index in [-0.39, 0.29) is 11.8 Å². The molecule has 1 heterocycles. The summed E-state index contributed by atoms with van der Waals surface area (Å²) in [5.74, 6) is 1.12. The van der Waals surface area contributed by atoms with E-state index in [2.05, 4.69) is 40.0 Å². The molecule has 4 heteroatoms. The predicted octanol–water partition coefficient (Wildman–Crippen LogP) is 2.82. The van der Waals surface area contributed by atoms with E-state index in [4.69, 9.17) is 0 Å². The molecule has 1 aliphatic rings. The van der Waals surface area contributed by atoms with Crippen molar-refractivity contribution in [3.8, 4) is 0 Å². The molecule has 1 atom stereocenters. The van der Waals surface area contributed by atoms with Crippen LogP contribution >= 0.6 is 34.4 Å². The molecule has 0 aliphatic carbocycles. The van der Waals surface area contributed by atoms with Gasteiger partial charge in [0, 0.05) is 21.6 Å². The highest BCUT2D eigenvalue weighted by Gasteiger charge is 2.28. The molecule has 2 nitrogen and oxygen atoms in total. The van der Waals surface area contributed by atoms with Gasteiger partial charge in [-0.2, -0.15) is 0 Å². The lowest BCUT2D eigenvalue weighted by molar-refractivity contribution is -0.122. The highest BCUT2D eigenvalue weighted by atomic mass is 127. The van der Waals surface area contributed by atoms with Crippen LogP contribution in [0, 0.1) is 0 Å². The van der Waals surface area contributed by atoms with Crippen LogP contribution in [-0.2, 0) is 4.79 Å². The third-order valence-corrected chi connectivity index (χ3v) is 4.57. The lowest BCUT2D eigenvalue weighted by Gasteiger charge is -2.10. The van der Waals surface area contributed by atoms with Gasteiger partial charge in [-0.15, -0.1) is 11.8 Å². The molecule has 0 aromatic heterocycles. The summed E-state index contributed by atoms with van der Waals surface area (Å²) in [7, 11) is 0. The standard InChI is InChI=1S/C12H14INOS/c13-6-3-7-14-12(15)10-8-16-11-5-2-1-4-9(10)11/h1-2,4-5,10H,3,6-8H2,(H,14,15). The van der Waals surface area contributed by atoms with Crippen molar-refractivity contribution in [2.45, 2.75) is 17.2 Å². The van der Waals surface area contributed by atoms with Gasteiger partial charge in [0.05, 0.1) is 5.92 Å². The molecule has 86 valence electrons. The van der Waals surface area contributed by atoms with Gasteiger partial charge in [-0.25, -0.2) is 0 Å². The van der Waals surface area contributed by atoms with Gasteiger partial charge in [-0.05, 0) is 18.1 Å². The number of fused-ring (bicyclic) bond motifs is 1. The highest BCUT2D eigenvalue weighted by Crippen LogP contribution is 2.39. The second-order valence-corrected chi connectivity index (χ2v) is 5.88. The average molecular weight is 347 g/mol. The number of thioether (sulfide) groups is 1. The summed E-state index contributed by atoms with van der Waals surface area (Å²) < 4.78 is 1.09. The minimum Gasteiger partial charge on any atom is -0.356 e. The van der Waals surface area contributed by atoms with Crippen molar-refractivity contribution >= 4 is 40.3 Å². The van der Waals surface area contributed by atoms with Crippen LogP contribution in [0.25, 0.3) is 0 Å². The van der Waals surface area contributed by atoms with Crippen LogP contribution < -0.4 is 5.32 Å². The Labute approximate surface area is 114 Å². The zero-order chi connectivity index (χ0) is 11.4. The molecule has 1 N–H and O–H groups in total. The van der Waals surface area contributed by atoms with E-state index in [0.717, 1.165) is 23.1 Å². The first-order valence-corrected chi connectivity index (χ1v) is 7.89. The van der Waals surface area contributed by atoms with E-state index >= 15 is 0 Å². The number of benzene rings is 1. The Morgan fingerprint density at radius 2 is 2.31 bits per heavy atom. The second kappa shape index (κ2) is 5.91. The van der Waals surface area contributed by atoms with Crippen LogP contribution in [0.15, 0.2) is 29.2 Å². The molecule has 0 saturated carbocycles. The van der Waals surface area contributed by atoms with Crippen LogP contribution in [0.2, 0.25) is 0 Å². The Bertz CT molecular complexity index is 383. The van der Waals surface area contributed by atoms with Crippen molar-refractivity contribution in [1.29, 1.82) is 0 Å². The molecule has 0 fully saturated rings. The molecule has 0 saturated heterocycles. The fraction of sp³-hybridized carbons (Fsp3) is 0.417. The monoisotopic (exact) mass is 347 g/mol. The quantitative estimate of drug-likeness (QED) is 0.516. The zero-order valence-corrected chi connectivity index (χ0v) is 11.9. The van der Waals surface area contributed by atoms with E-state index < -0.39 is 0 Å². The Kier molecular flexibility index (Phi) is 4.52. The van der Waals surface area contributed by atoms with E-state index in [0.29, 0.717) is 0 Å². The van der Waals surface area contributed by atoms with Crippen LogP contribution in [-0.4, -0.2) is 22.6 Å². The maximum absolute atomic E-state index is 12.0. The molecular weight excluding hydrogens is 333 g/mol. The average Bonchev–Trinajstić information content (AvgIpc) is 2.73. The Morgan fingerprint density at radius 1 is 1.50 bits per heavy atom. The summed E-state index contributed by atoms with van der Waals surface area (Å²) in [5, 5.41) is 3.01. The van der Waals surface area contributed by atoms with Crippen LogP contribution in [0.3, 0.4) is 0 Å². The van der Waals surface area contributed by atoms with Crippen LogP contribution in [0.4, 0.5) is 0 Å². The van der Waals surface area contributed by atoms with Crippen LogP contribution in [0.1, 0.15) is 17.9 Å². The number of hydrogen-bond acceptors (Lipinski definition) is 2. The van der Waals surface area contributed by atoms with E-state index in [9.17, 15) is 4.79 Å². The molecule has 1 unspecified atom stereocenters. The number of nitrogens with one attached hydrogen (secondary N) is 1. The number of hydrogen-bond donors (Lipinski definition) is 1. The number of rotatable bonds is 4. The van der Waals surface area contributed by atoms with Crippen molar-refractivity contribution in [2.75, 3.05) is 16.7 Å². The molecule has 0 spiro atoms. The van der Waals surface area contributed by atoms with Gasteiger partial charge >= 0.3 is 0 Å². The SMILES string of the molecule is O=C(NCCCI)C1CSc2ccccc21. The predicted molar refractivity (Wildman–Crippen MR) is 76.4 cm³/mol. The first-order valence-electron chi connectivity index (χ1n) is 5.38. The van der Waals surface area contributed by atoms with Crippen molar-refractivity contribution in [3.63, 3.8) is 0 Å². The second-order valence-electron chi connectivity index (χ2n) is 3.73. The molecule has 2 rings (SSSR count). The normalized spacial score (nSPS) is 18.2. The number of carbonyl (C=O) groups excluding carboxylic acids is 1. The Hall–Kier alpha value is -0.230. The summed E-state index contributed by atoms with van der Waals surface area (Å²) in [6, 6.07) is 8.20. The van der Waals surface area contributed by atoms with E-state index in [1.165, 1.54) is 10.5 Å². The summed E-state index contributed by atoms with van der Waals surface area (Å²) in [6.45, 7) is 0.797. The Morgan fingerprint density at radius 3 is 3.12 bits per heavy atom. The van der Waals surface area contributed by atoms with Gasteiger partial charge in [0.1, 0.15) is 0 Å². The molecule has 16 heavy (non-hydrogen) atoms. The topological polar surface area (TPSA) is 29.1 Å². The molecule has 1 aliphatic heterocycles. The van der Waals surface area contributed by atoms with Gasteiger partial charge < -0.3 is 5.32 Å². The molecular formula is C12H14INOS. The van der Waals surface area contributed by atoms with Crippen molar-refractivity contribution in [2.24, 2.45) is 0 Å². The fourth-order valence-corrected chi connectivity index (χ4v) is 3.39. The lowest BCUT2D eigenvalue weighted by Crippen LogP contribution is -2.30. The summed E-state index contributed by atoms with van der Waals surface area (Å²) in [5.41, 5.74) is 1.19. The molecule has 1 aromatic carbocycles.